The predicted octanol–water partition coefficient (Wildman–Crippen LogP) is 3.90. The van der Waals surface area contributed by atoms with E-state index in [1.807, 2.05) is 37.3 Å². The van der Waals surface area contributed by atoms with Gasteiger partial charge in [-0.05, 0) is 36.3 Å². The highest BCUT2D eigenvalue weighted by atomic mass is 35.5. The van der Waals surface area contributed by atoms with Crippen LogP contribution in [0.1, 0.15) is 22.4 Å². The van der Waals surface area contributed by atoms with Crippen LogP contribution in [0.3, 0.4) is 0 Å². The van der Waals surface area contributed by atoms with Gasteiger partial charge in [-0.15, -0.1) is 0 Å². The van der Waals surface area contributed by atoms with Crippen LogP contribution < -0.4 is 0 Å². The molecule has 32 heavy (non-hydrogen) atoms. The van der Waals surface area contributed by atoms with Crippen LogP contribution in [0.25, 0.3) is 6.08 Å². The third-order valence-electron chi connectivity index (χ3n) is 4.73. The first-order valence-corrected chi connectivity index (χ1v) is 11.6. The van der Waals surface area contributed by atoms with E-state index in [1.54, 1.807) is 22.9 Å². The van der Waals surface area contributed by atoms with Crippen molar-refractivity contribution in [3.63, 3.8) is 0 Å². The van der Waals surface area contributed by atoms with Gasteiger partial charge in [0.25, 0.3) is 0 Å². The SMILES string of the molecule is Cc1nn(Cc2ccccc2)c(Cl)c1/C=C/C(=O)OCc1cccc(S(=O)(=O)N(C)C)c1. The second-order valence-electron chi connectivity index (χ2n) is 7.31. The molecule has 168 valence electrons. The molecule has 0 aliphatic rings. The van der Waals surface area contributed by atoms with Crippen LogP contribution in [0.4, 0.5) is 0 Å². The van der Waals surface area contributed by atoms with Gasteiger partial charge in [0, 0.05) is 25.7 Å². The van der Waals surface area contributed by atoms with E-state index < -0.39 is 16.0 Å². The van der Waals surface area contributed by atoms with Gasteiger partial charge in [0.15, 0.2) is 0 Å². The van der Waals surface area contributed by atoms with Crippen molar-refractivity contribution in [2.45, 2.75) is 25.0 Å². The Morgan fingerprint density at radius 3 is 2.50 bits per heavy atom. The van der Waals surface area contributed by atoms with Gasteiger partial charge in [0.1, 0.15) is 11.8 Å². The summed E-state index contributed by atoms with van der Waals surface area (Å²) in [6.45, 7) is 2.28. The zero-order valence-corrected chi connectivity index (χ0v) is 19.6. The molecule has 1 heterocycles. The molecule has 0 spiro atoms. The number of esters is 1. The number of aromatic nitrogens is 2. The standard InChI is InChI=1S/C23H24ClN3O4S/c1-17-21(23(24)27(25-17)15-18-8-5-4-6-9-18)12-13-22(28)31-16-19-10-7-11-20(14-19)32(29,30)26(2)3/h4-14H,15-16H2,1-3H3/b13-12+. The van der Waals surface area contributed by atoms with Gasteiger partial charge in [-0.3, -0.25) is 0 Å². The number of carbonyl (C=O) groups excluding carboxylic acids is 1. The lowest BCUT2D eigenvalue weighted by Crippen LogP contribution is -2.22. The number of halogens is 1. The molecule has 1 aromatic heterocycles. The second kappa shape index (κ2) is 10.1. The van der Waals surface area contributed by atoms with Crippen LogP contribution in [0.15, 0.2) is 65.6 Å². The first-order chi connectivity index (χ1) is 15.2. The summed E-state index contributed by atoms with van der Waals surface area (Å²) >= 11 is 6.46. The Hall–Kier alpha value is -2.94. The number of ether oxygens (including phenoxy) is 1. The number of sulfonamides is 1. The lowest BCUT2D eigenvalue weighted by atomic mass is 10.2. The highest BCUT2D eigenvalue weighted by Crippen LogP contribution is 2.22. The van der Waals surface area contributed by atoms with Gasteiger partial charge in [0.2, 0.25) is 10.0 Å². The third kappa shape index (κ3) is 5.64. The summed E-state index contributed by atoms with van der Waals surface area (Å²) < 4.78 is 32.6. The van der Waals surface area contributed by atoms with Gasteiger partial charge < -0.3 is 4.74 Å². The number of aryl methyl sites for hydroxylation is 1. The molecule has 0 saturated heterocycles. The van der Waals surface area contributed by atoms with Crippen LogP contribution in [-0.4, -0.2) is 42.6 Å². The first-order valence-electron chi connectivity index (χ1n) is 9.81. The van der Waals surface area contributed by atoms with Crippen LogP contribution >= 0.6 is 11.6 Å². The Kier molecular flexibility index (Phi) is 7.50. The monoisotopic (exact) mass is 473 g/mol. The molecule has 0 bridgehead atoms. The number of hydrogen-bond acceptors (Lipinski definition) is 5. The topological polar surface area (TPSA) is 81.5 Å². The minimum Gasteiger partial charge on any atom is -0.458 e. The third-order valence-corrected chi connectivity index (χ3v) is 6.94. The van der Waals surface area contributed by atoms with E-state index in [2.05, 4.69) is 5.10 Å². The average Bonchev–Trinajstić information content (AvgIpc) is 3.04. The van der Waals surface area contributed by atoms with Crippen LogP contribution in [0, 0.1) is 6.92 Å². The number of hydrogen-bond donors (Lipinski definition) is 0. The summed E-state index contributed by atoms with van der Waals surface area (Å²) in [5.74, 6) is -0.572. The minimum absolute atomic E-state index is 0.0556. The van der Waals surface area contributed by atoms with E-state index in [1.165, 1.54) is 32.3 Å². The maximum absolute atomic E-state index is 12.2. The number of rotatable bonds is 8. The fourth-order valence-electron chi connectivity index (χ4n) is 2.98. The van der Waals surface area contributed by atoms with Gasteiger partial charge in [-0.1, -0.05) is 54.1 Å². The molecule has 0 N–H and O–H groups in total. The molecule has 7 nitrogen and oxygen atoms in total. The molecule has 0 fully saturated rings. The molecule has 2 aromatic carbocycles. The average molecular weight is 474 g/mol. The maximum Gasteiger partial charge on any atom is 0.331 e. The molecule has 9 heteroatoms. The summed E-state index contributed by atoms with van der Waals surface area (Å²) in [6.07, 6.45) is 2.85. The summed E-state index contributed by atoms with van der Waals surface area (Å²) in [5.41, 5.74) is 2.96. The summed E-state index contributed by atoms with van der Waals surface area (Å²) in [6, 6.07) is 16.1. The summed E-state index contributed by atoms with van der Waals surface area (Å²) in [5, 5.41) is 4.87. The zero-order valence-electron chi connectivity index (χ0n) is 18.0. The predicted molar refractivity (Wildman–Crippen MR) is 124 cm³/mol. The van der Waals surface area contributed by atoms with E-state index in [-0.39, 0.29) is 11.5 Å². The van der Waals surface area contributed by atoms with Gasteiger partial charge in [-0.25, -0.2) is 22.2 Å². The minimum atomic E-state index is -3.56. The Labute approximate surface area is 192 Å². The van der Waals surface area contributed by atoms with Gasteiger partial charge in [-0.2, -0.15) is 5.10 Å². The number of benzene rings is 2. The molecule has 0 saturated carbocycles. The molecule has 0 amide bonds. The Morgan fingerprint density at radius 2 is 1.81 bits per heavy atom. The molecule has 3 rings (SSSR count). The van der Waals surface area contributed by atoms with E-state index in [9.17, 15) is 13.2 Å². The molecule has 0 aliphatic carbocycles. The van der Waals surface area contributed by atoms with E-state index >= 15 is 0 Å². The van der Waals surface area contributed by atoms with Crippen LogP contribution in [0.5, 0.6) is 0 Å². The van der Waals surface area contributed by atoms with Crippen LogP contribution in [-0.2, 0) is 32.7 Å². The normalized spacial score (nSPS) is 11.9. The van der Waals surface area contributed by atoms with Crippen molar-refractivity contribution in [2.75, 3.05) is 14.1 Å². The molecule has 3 aromatic rings. The van der Waals surface area contributed by atoms with Gasteiger partial charge in [0.05, 0.1) is 17.1 Å². The lowest BCUT2D eigenvalue weighted by molar-refractivity contribution is -0.138. The van der Waals surface area contributed by atoms with Crippen molar-refractivity contribution in [2.24, 2.45) is 0 Å². The van der Waals surface area contributed by atoms with Crippen molar-refractivity contribution in [3.8, 4) is 0 Å². The largest absolute Gasteiger partial charge is 0.458 e. The molecular formula is C23H24ClN3O4S. The zero-order chi connectivity index (χ0) is 23.3. The van der Waals surface area contributed by atoms with Crippen molar-refractivity contribution < 1.29 is 17.9 Å². The second-order valence-corrected chi connectivity index (χ2v) is 9.82. The van der Waals surface area contributed by atoms with E-state index in [0.717, 1.165) is 9.87 Å². The fourth-order valence-corrected chi connectivity index (χ4v) is 4.25. The fraction of sp³-hybridized carbons (Fsp3) is 0.217. The molecule has 0 radical (unpaired) electrons. The van der Waals surface area contributed by atoms with E-state index in [0.29, 0.717) is 28.5 Å². The first kappa shape index (κ1) is 23.7. The number of carbonyl (C=O) groups is 1. The number of nitrogens with zero attached hydrogens (tertiary/aromatic N) is 3. The maximum atomic E-state index is 12.2. The van der Waals surface area contributed by atoms with Crippen molar-refractivity contribution in [1.29, 1.82) is 0 Å². The summed E-state index contributed by atoms with van der Waals surface area (Å²) in [7, 11) is -0.639. The van der Waals surface area contributed by atoms with Crippen molar-refractivity contribution in [3.05, 3.63) is 88.2 Å². The smallest absolute Gasteiger partial charge is 0.331 e. The van der Waals surface area contributed by atoms with Crippen molar-refractivity contribution >= 4 is 33.7 Å². The van der Waals surface area contributed by atoms with E-state index in [4.69, 9.17) is 16.3 Å². The van der Waals surface area contributed by atoms with Crippen LogP contribution in [0.2, 0.25) is 5.15 Å². The molecule has 0 aliphatic heterocycles. The van der Waals surface area contributed by atoms with Crippen molar-refractivity contribution in [1.82, 2.24) is 14.1 Å². The Bertz CT molecular complexity index is 1240. The molecule has 0 atom stereocenters. The molecular weight excluding hydrogens is 450 g/mol. The summed E-state index contributed by atoms with van der Waals surface area (Å²) in [4.78, 5) is 12.3. The highest BCUT2D eigenvalue weighted by molar-refractivity contribution is 7.89. The lowest BCUT2D eigenvalue weighted by Gasteiger charge is -2.12. The Balaban J connectivity index is 1.65. The highest BCUT2D eigenvalue weighted by Gasteiger charge is 2.17. The van der Waals surface area contributed by atoms with Gasteiger partial charge >= 0.3 is 5.97 Å². The Morgan fingerprint density at radius 1 is 1.12 bits per heavy atom. The molecule has 0 unspecified atom stereocenters. The quantitative estimate of drug-likeness (QED) is 0.366.